The number of nitrogens with one attached hydrogen (secondary N) is 1. The van der Waals surface area contributed by atoms with Gasteiger partial charge in [-0.05, 0) is 12.8 Å². The largest absolute Gasteiger partial charge is 0.383 e. The molecule has 0 atom stereocenters. The van der Waals surface area contributed by atoms with Gasteiger partial charge in [-0.25, -0.2) is 0 Å². The highest BCUT2D eigenvalue weighted by Crippen LogP contribution is 2.18. The lowest BCUT2D eigenvalue weighted by Crippen LogP contribution is -2.36. The summed E-state index contributed by atoms with van der Waals surface area (Å²) in [4.78, 5) is 13.6. The van der Waals surface area contributed by atoms with Crippen LogP contribution in [-0.4, -0.2) is 50.2 Å². The van der Waals surface area contributed by atoms with Crippen LogP contribution in [0.2, 0.25) is 0 Å². The fourth-order valence-corrected chi connectivity index (χ4v) is 1.50. The molecule has 0 saturated heterocycles. The molecule has 0 aromatic heterocycles. The summed E-state index contributed by atoms with van der Waals surface area (Å²) in [5.41, 5.74) is 0. The van der Waals surface area contributed by atoms with Crippen LogP contribution in [0.3, 0.4) is 0 Å². The average Bonchev–Trinajstić information content (AvgIpc) is 3.08. The first-order chi connectivity index (χ1) is 7.77. The topological polar surface area (TPSA) is 41.6 Å². The van der Waals surface area contributed by atoms with Crippen molar-refractivity contribution < 1.29 is 9.53 Å². The van der Waals surface area contributed by atoms with E-state index < -0.39 is 0 Å². The van der Waals surface area contributed by atoms with E-state index in [0.717, 1.165) is 6.54 Å². The zero-order chi connectivity index (χ0) is 11.8. The Morgan fingerprint density at radius 3 is 2.94 bits per heavy atom. The molecule has 92 valence electrons. The van der Waals surface area contributed by atoms with Crippen LogP contribution in [0.1, 0.15) is 19.3 Å². The highest BCUT2D eigenvalue weighted by molar-refractivity contribution is 5.76. The van der Waals surface area contributed by atoms with Crippen LogP contribution >= 0.6 is 0 Å². The van der Waals surface area contributed by atoms with Crippen molar-refractivity contribution in [2.45, 2.75) is 25.3 Å². The molecule has 1 fully saturated rings. The van der Waals surface area contributed by atoms with E-state index in [1.165, 1.54) is 12.8 Å². The predicted octanol–water partition coefficient (Wildman–Crippen LogP) is 0.789. The van der Waals surface area contributed by atoms with Gasteiger partial charge in [0.15, 0.2) is 0 Å². The second-order valence-corrected chi connectivity index (χ2v) is 4.10. The molecule has 1 aliphatic carbocycles. The summed E-state index contributed by atoms with van der Waals surface area (Å²) in [6.07, 6.45) is 4.83. The van der Waals surface area contributed by atoms with Crippen molar-refractivity contribution in [3.63, 3.8) is 0 Å². The van der Waals surface area contributed by atoms with Gasteiger partial charge in [0, 0.05) is 39.2 Å². The number of rotatable bonds is 9. The lowest BCUT2D eigenvalue weighted by atomic mass is 10.3. The lowest BCUT2D eigenvalue weighted by molar-refractivity contribution is -0.131. The highest BCUT2D eigenvalue weighted by Gasteiger charge is 2.20. The Morgan fingerprint density at radius 1 is 1.62 bits per heavy atom. The minimum Gasteiger partial charge on any atom is -0.383 e. The minimum atomic E-state index is 0.171. The molecule has 16 heavy (non-hydrogen) atoms. The molecule has 1 amide bonds. The molecule has 1 saturated carbocycles. The molecular formula is C12H22N2O2. The van der Waals surface area contributed by atoms with Gasteiger partial charge in [-0.3, -0.25) is 4.79 Å². The SMILES string of the molecule is C=CCN(CCOC)C(=O)CCNC1CC1. The van der Waals surface area contributed by atoms with Crippen LogP contribution in [0.4, 0.5) is 0 Å². The normalized spacial score (nSPS) is 14.8. The monoisotopic (exact) mass is 226 g/mol. The van der Waals surface area contributed by atoms with E-state index in [9.17, 15) is 4.79 Å². The third kappa shape index (κ3) is 5.28. The quantitative estimate of drug-likeness (QED) is 0.591. The zero-order valence-electron chi connectivity index (χ0n) is 10.1. The molecular weight excluding hydrogens is 204 g/mol. The summed E-state index contributed by atoms with van der Waals surface area (Å²) < 4.78 is 4.98. The van der Waals surface area contributed by atoms with E-state index in [2.05, 4.69) is 11.9 Å². The van der Waals surface area contributed by atoms with Crippen molar-refractivity contribution in [3.05, 3.63) is 12.7 Å². The molecule has 1 aliphatic rings. The molecule has 0 heterocycles. The van der Waals surface area contributed by atoms with Crippen LogP contribution in [0.5, 0.6) is 0 Å². The molecule has 0 bridgehead atoms. The van der Waals surface area contributed by atoms with Crippen LogP contribution < -0.4 is 5.32 Å². The van der Waals surface area contributed by atoms with Gasteiger partial charge >= 0.3 is 0 Å². The Morgan fingerprint density at radius 2 is 2.38 bits per heavy atom. The van der Waals surface area contributed by atoms with E-state index in [-0.39, 0.29) is 5.91 Å². The number of carbonyl (C=O) groups is 1. The summed E-state index contributed by atoms with van der Waals surface area (Å²) in [7, 11) is 1.64. The fraction of sp³-hybridized carbons (Fsp3) is 0.750. The predicted molar refractivity (Wildman–Crippen MR) is 64.3 cm³/mol. The molecule has 4 heteroatoms. The Balaban J connectivity index is 2.18. The average molecular weight is 226 g/mol. The zero-order valence-corrected chi connectivity index (χ0v) is 10.1. The number of ether oxygens (including phenoxy) is 1. The summed E-state index contributed by atoms with van der Waals surface area (Å²) >= 11 is 0. The summed E-state index contributed by atoms with van der Waals surface area (Å²) in [6, 6.07) is 0.666. The van der Waals surface area contributed by atoms with Crippen molar-refractivity contribution in [2.75, 3.05) is 33.4 Å². The van der Waals surface area contributed by atoms with Gasteiger partial charge in [0.05, 0.1) is 6.61 Å². The third-order valence-corrected chi connectivity index (χ3v) is 2.62. The first-order valence-electron chi connectivity index (χ1n) is 5.89. The highest BCUT2D eigenvalue weighted by atomic mass is 16.5. The molecule has 0 aromatic carbocycles. The molecule has 0 aromatic rings. The molecule has 0 spiro atoms. The lowest BCUT2D eigenvalue weighted by Gasteiger charge is -2.20. The number of hydrogen-bond acceptors (Lipinski definition) is 3. The number of amides is 1. The van der Waals surface area contributed by atoms with Gasteiger partial charge in [0.1, 0.15) is 0 Å². The number of carbonyl (C=O) groups excluding carboxylic acids is 1. The van der Waals surface area contributed by atoms with E-state index in [4.69, 9.17) is 4.74 Å². The van der Waals surface area contributed by atoms with Gasteiger partial charge in [0.25, 0.3) is 0 Å². The van der Waals surface area contributed by atoms with Crippen LogP contribution in [0.25, 0.3) is 0 Å². The maximum absolute atomic E-state index is 11.8. The maximum atomic E-state index is 11.8. The van der Waals surface area contributed by atoms with Crippen molar-refractivity contribution in [1.82, 2.24) is 10.2 Å². The Hall–Kier alpha value is -0.870. The first kappa shape index (κ1) is 13.2. The third-order valence-electron chi connectivity index (χ3n) is 2.62. The molecule has 1 rings (SSSR count). The van der Waals surface area contributed by atoms with E-state index >= 15 is 0 Å². The van der Waals surface area contributed by atoms with Crippen LogP contribution in [0, 0.1) is 0 Å². The Labute approximate surface area is 97.6 Å². The van der Waals surface area contributed by atoms with Gasteiger partial charge in [-0.1, -0.05) is 6.08 Å². The van der Waals surface area contributed by atoms with Crippen molar-refractivity contribution in [1.29, 1.82) is 0 Å². The molecule has 0 radical (unpaired) electrons. The first-order valence-corrected chi connectivity index (χ1v) is 5.89. The summed E-state index contributed by atoms with van der Waals surface area (Å²) in [5.74, 6) is 0.171. The van der Waals surface area contributed by atoms with Gasteiger partial charge in [-0.2, -0.15) is 0 Å². The maximum Gasteiger partial charge on any atom is 0.224 e. The van der Waals surface area contributed by atoms with E-state index in [0.29, 0.717) is 32.2 Å². The minimum absolute atomic E-state index is 0.171. The van der Waals surface area contributed by atoms with Crippen LogP contribution in [-0.2, 0) is 9.53 Å². The Bertz CT molecular complexity index is 227. The van der Waals surface area contributed by atoms with Crippen LogP contribution in [0.15, 0.2) is 12.7 Å². The van der Waals surface area contributed by atoms with E-state index in [1.807, 2.05) is 0 Å². The van der Waals surface area contributed by atoms with Gasteiger partial charge in [-0.15, -0.1) is 6.58 Å². The summed E-state index contributed by atoms with van der Waals surface area (Å²) in [6.45, 7) is 6.27. The van der Waals surface area contributed by atoms with Gasteiger partial charge < -0.3 is 15.0 Å². The van der Waals surface area contributed by atoms with Crippen molar-refractivity contribution in [3.8, 4) is 0 Å². The van der Waals surface area contributed by atoms with Crippen molar-refractivity contribution in [2.24, 2.45) is 0 Å². The molecule has 4 nitrogen and oxygen atoms in total. The number of nitrogens with zero attached hydrogens (tertiary/aromatic N) is 1. The fourth-order valence-electron chi connectivity index (χ4n) is 1.50. The standard InChI is InChI=1S/C12H22N2O2/c1-3-8-14(9-10-16-2)12(15)6-7-13-11-4-5-11/h3,11,13H,1,4-10H2,2H3. The number of hydrogen-bond donors (Lipinski definition) is 1. The molecule has 0 aliphatic heterocycles. The molecule has 0 unspecified atom stereocenters. The summed E-state index contributed by atoms with van der Waals surface area (Å²) in [5, 5.41) is 3.34. The second kappa shape index (κ2) is 7.41. The van der Waals surface area contributed by atoms with Gasteiger partial charge in [0.2, 0.25) is 5.91 Å². The van der Waals surface area contributed by atoms with E-state index in [1.54, 1.807) is 18.1 Å². The number of methoxy groups -OCH3 is 1. The second-order valence-electron chi connectivity index (χ2n) is 4.10. The molecule has 1 N–H and O–H groups in total. The smallest absolute Gasteiger partial charge is 0.224 e. The van der Waals surface area contributed by atoms with Crippen molar-refractivity contribution >= 4 is 5.91 Å². The Kier molecular flexibility index (Phi) is 6.11.